The van der Waals surface area contributed by atoms with Gasteiger partial charge in [-0.25, -0.2) is 14.1 Å². The minimum Gasteiger partial charge on any atom is -0.490 e. The van der Waals surface area contributed by atoms with E-state index in [0.717, 1.165) is 16.0 Å². The van der Waals surface area contributed by atoms with Crippen LogP contribution in [-0.2, 0) is 16.2 Å². The van der Waals surface area contributed by atoms with E-state index >= 15 is 0 Å². The number of hydrogen-bond donors (Lipinski definition) is 2. The van der Waals surface area contributed by atoms with E-state index in [0.29, 0.717) is 29.4 Å². The van der Waals surface area contributed by atoms with Crippen molar-refractivity contribution in [2.45, 2.75) is 20.5 Å². The molecule has 0 bridgehead atoms. The Balaban J connectivity index is 1.44. The SMILES string of the molecule is CCOc1cc(/C=C2/NC(=O)N(CC(=O)Nc3cccc(C)c3)C2=O)ccc1OCc1ccc(F)cc1. The van der Waals surface area contributed by atoms with E-state index in [4.69, 9.17) is 9.47 Å². The standard InChI is InChI=1S/C28H26FN3O5/c1-3-36-25-15-20(9-12-24(25)37-17-19-7-10-21(29)11-8-19)14-23-27(34)32(28(35)31-23)16-26(33)30-22-6-4-5-18(2)13-22/h4-15H,3,16-17H2,1-2H3,(H,30,33)(H,31,35)/b23-14+. The van der Waals surface area contributed by atoms with Crippen LogP contribution in [0.2, 0.25) is 0 Å². The van der Waals surface area contributed by atoms with Gasteiger partial charge >= 0.3 is 6.03 Å². The van der Waals surface area contributed by atoms with Crippen LogP contribution in [0, 0.1) is 12.7 Å². The molecule has 8 nitrogen and oxygen atoms in total. The summed E-state index contributed by atoms with van der Waals surface area (Å²) in [6, 6.07) is 17.6. The van der Waals surface area contributed by atoms with E-state index in [2.05, 4.69) is 10.6 Å². The predicted molar refractivity (Wildman–Crippen MR) is 136 cm³/mol. The third-order valence-electron chi connectivity index (χ3n) is 5.45. The Morgan fingerprint density at radius 3 is 2.54 bits per heavy atom. The number of imide groups is 1. The molecule has 0 saturated carbocycles. The highest BCUT2D eigenvalue weighted by Crippen LogP contribution is 2.30. The monoisotopic (exact) mass is 503 g/mol. The highest BCUT2D eigenvalue weighted by atomic mass is 19.1. The van der Waals surface area contributed by atoms with Gasteiger partial charge in [0.1, 0.15) is 24.7 Å². The summed E-state index contributed by atoms with van der Waals surface area (Å²) < 4.78 is 24.7. The molecule has 1 aliphatic heterocycles. The smallest absolute Gasteiger partial charge is 0.329 e. The van der Waals surface area contributed by atoms with Gasteiger partial charge in [0, 0.05) is 5.69 Å². The maximum atomic E-state index is 13.1. The van der Waals surface area contributed by atoms with Gasteiger partial charge in [-0.05, 0) is 73.0 Å². The first kappa shape index (κ1) is 25.4. The molecule has 37 heavy (non-hydrogen) atoms. The molecular weight excluding hydrogens is 477 g/mol. The first-order valence-electron chi connectivity index (χ1n) is 11.7. The summed E-state index contributed by atoms with van der Waals surface area (Å²) in [4.78, 5) is 38.5. The van der Waals surface area contributed by atoms with Gasteiger partial charge in [0.05, 0.1) is 6.61 Å². The highest BCUT2D eigenvalue weighted by molar-refractivity contribution is 6.16. The van der Waals surface area contributed by atoms with Crippen molar-refractivity contribution < 1.29 is 28.2 Å². The summed E-state index contributed by atoms with van der Waals surface area (Å²) in [7, 11) is 0. The van der Waals surface area contributed by atoms with Crippen molar-refractivity contribution >= 4 is 29.6 Å². The number of urea groups is 1. The molecule has 0 unspecified atom stereocenters. The van der Waals surface area contributed by atoms with Crippen LogP contribution in [0.5, 0.6) is 11.5 Å². The second-order valence-electron chi connectivity index (χ2n) is 8.35. The normalized spacial score (nSPS) is 14.0. The highest BCUT2D eigenvalue weighted by Gasteiger charge is 2.35. The first-order valence-corrected chi connectivity index (χ1v) is 11.7. The van der Waals surface area contributed by atoms with Gasteiger partial charge in [-0.1, -0.05) is 30.3 Å². The van der Waals surface area contributed by atoms with Gasteiger partial charge in [0.25, 0.3) is 5.91 Å². The first-order chi connectivity index (χ1) is 17.8. The number of carbonyl (C=O) groups is 3. The maximum absolute atomic E-state index is 13.1. The number of halogens is 1. The summed E-state index contributed by atoms with van der Waals surface area (Å²) >= 11 is 0. The van der Waals surface area contributed by atoms with Crippen LogP contribution in [-0.4, -0.2) is 35.9 Å². The number of hydrogen-bond acceptors (Lipinski definition) is 5. The van der Waals surface area contributed by atoms with E-state index in [1.54, 1.807) is 48.5 Å². The van der Waals surface area contributed by atoms with E-state index in [1.165, 1.54) is 18.2 Å². The van der Waals surface area contributed by atoms with Crippen LogP contribution in [0.3, 0.4) is 0 Å². The van der Waals surface area contributed by atoms with Gasteiger partial charge in [0.15, 0.2) is 11.5 Å². The Morgan fingerprint density at radius 1 is 1.03 bits per heavy atom. The molecule has 3 aromatic carbocycles. The average Bonchev–Trinajstić information content (AvgIpc) is 3.12. The second kappa shape index (κ2) is 11.4. The molecule has 1 saturated heterocycles. The summed E-state index contributed by atoms with van der Waals surface area (Å²) in [5.41, 5.74) is 2.97. The number of ether oxygens (including phenoxy) is 2. The number of aryl methyl sites for hydroxylation is 1. The molecule has 0 spiro atoms. The van der Waals surface area contributed by atoms with Crippen molar-refractivity contribution in [3.63, 3.8) is 0 Å². The third-order valence-corrected chi connectivity index (χ3v) is 5.45. The fourth-order valence-electron chi connectivity index (χ4n) is 3.69. The van der Waals surface area contributed by atoms with Crippen LogP contribution < -0.4 is 20.1 Å². The van der Waals surface area contributed by atoms with E-state index in [9.17, 15) is 18.8 Å². The predicted octanol–water partition coefficient (Wildman–Crippen LogP) is 4.64. The minimum absolute atomic E-state index is 0.0378. The van der Waals surface area contributed by atoms with Crippen LogP contribution >= 0.6 is 0 Å². The zero-order valence-electron chi connectivity index (χ0n) is 20.4. The molecule has 0 aromatic heterocycles. The Bertz CT molecular complexity index is 1350. The molecule has 0 aliphatic carbocycles. The van der Waals surface area contributed by atoms with Crippen molar-refractivity contribution in [3.05, 3.63) is 94.9 Å². The van der Waals surface area contributed by atoms with Crippen molar-refractivity contribution in [2.24, 2.45) is 0 Å². The van der Waals surface area contributed by atoms with Gasteiger partial charge in [0.2, 0.25) is 5.91 Å². The van der Waals surface area contributed by atoms with Crippen molar-refractivity contribution in [2.75, 3.05) is 18.5 Å². The number of nitrogens with zero attached hydrogens (tertiary/aromatic N) is 1. The molecule has 2 N–H and O–H groups in total. The second-order valence-corrected chi connectivity index (χ2v) is 8.35. The molecule has 4 amide bonds. The number of anilines is 1. The lowest BCUT2D eigenvalue weighted by Crippen LogP contribution is -2.38. The van der Waals surface area contributed by atoms with Gasteiger partial charge in [-0.3, -0.25) is 9.59 Å². The number of amides is 4. The fourth-order valence-corrected chi connectivity index (χ4v) is 3.69. The van der Waals surface area contributed by atoms with Crippen molar-refractivity contribution in [1.29, 1.82) is 0 Å². The lowest BCUT2D eigenvalue weighted by Gasteiger charge is -2.13. The molecule has 1 aliphatic rings. The summed E-state index contributed by atoms with van der Waals surface area (Å²) in [5.74, 6) is -0.500. The van der Waals surface area contributed by atoms with E-state index in [-0.39, 0.29) is 18.1 Å². The summed E-state index contributed by atoms with van der Waals surface area (Å²) in [5, 5.41) is 5.20. The zero-order valence-corrected chi connectivity index (χ0v) is 20.4. The lowest BCUT2D eigenvalue weighted by molar-refractivity contribution is -0.127. The minimum atomic E-state index is -0.681. The van der Waals surface area contributed by atoms with Crippen LogP contribution in [0.25, 0.3) is 6.08 Å². The molecule has 3 aromatic rings. The zero-order chi connectivity index (χ0) is 26.4. The Morgan fingerprint density at radius 2 is 1.81 bits per heavy atom. The molecule has 0 atom stereocenters. The van der Waals surface area contributed by atoms with Crippen LogP contribution in [0.15, 0.2) is 72.4 Å². The lowest BCUT2D eigenvalue weighted by atomic mass is 10.1. The summed E-state index contributed by atoms with van der Waals surface area (Å²) in [6.07, 6.45) is 1.50. The molecular formula is C28H26FN3O5. The maximum Gasteiger partial charge on any atom is 0.329 e. The average molecular weight is 504 g/mol. The third kappa shape index (κ3) is 6.52. The molecule has 0 radical (unpaired) electrons. The Hall–Kier alpha value is -4.66. The number of carbonyl (C=O) groups excluding carboxylic acids is 3. The molecule has 1 heterocycles. The number of nitrogens with one attached hydrogen (secondary N) is 2. The van der Waals surface area contributed by atoms with Crippen LogP contribution in [0.4, 0.5) is 14.9 Å². The fraction of sp³-hybridized carbons (Fsp3) is 0.179. The Kier molecular flexibility index (Phi) is 7.83. The topological polar surface area (TPSA) is 97.0 Å². The number of benzene rings is 3. The molecule has 190 valence electrons. The molecule has 1 fully saturated rings. The van der Waals surface area contributed by atoms with E-state index < -0.39 is 24.4 Å². The largest absolute Gasteiger partial charge is 0.490 e. The number of rotatable bonds is 9. The van der Waals surface area contributed by atoms with Crippen molar-refractivity contribution in [1.82, 2.24) is 10.2 Å². The Labute approximate surface area is 213 Å². The quantitative estimate of drug-likeness (QED) is 0.328. The van der Waals surface area contributed by atoms with Crippen LogP contribution in [0.1, 0.15) is 23.6 Å². The van der Waals surface area contributed by atoms with Gasteiger partial charge in [-0.2, -0.15) is 0 Å². The van der Waals surface area contributed by atoms with E-state index in [1.807, 2.05) is 19.9 Å². The van der Waals surface area contributed by atoms with Gasteiger partial charge in [-0.15, -0.1) is 0 Å². The van der Waals surface area contributed by atoms with Gasteiger partial charge < -0.3 is 20.1 Å². The molecule has 9 heteroatoms. The van der Waals surface area contributed by atoms with Crippen molar-refractivity contribution in [3.8, 4) is 11.5 Å². The molecule has 4 rings (SSSR count). The summed E-state index contributed by atoms with van der Waals surface area (Å²) in [6.45, 7) is 3.90.